The number of hydrogen-bond acceptors (Lipinski definition) is 3. The molecule has 0 aliphatic heterocycles. The van der Waals surface area contributed by atoms with Gasteiger partial charge in [-0.3, -0.25) is 9.59 Å². The van der Waals surface area contributed by atoms with Crippen molar-refractivity contribution in [2.75, 3.05) is 5.32 Å². The number of benzene rings is 2. The lowest BCUT2D eigenvalue weighted by molar-refractivity contribution is -0.123. The highest BCUT2D eigenvalue weighted by atomic mass is 16.3. The van der Waals surface area contributed by atoms with Crippen molar-refractivity contribution in [1.29, 1.82) is 0 Å². The third kappa shape index (κ3) is 2.26. The molecule has 0 aliphatic carbocycles. The van der Waals surface area contributed by atoms with E-state index in [1.165, 1.54) is 0 Å². The van der Waals surface area contributed by atoms with Crippen molar-refractivity contribution in [3.05, 3.63) is 42.0 Å². The Balaban J connectivity index is 2.22. The molecule has 112 valence electrons. The summed E-state index contributed by atoms with van der Waals surface area (Å²) in [5.41, 5.74) is 1.78. The highest BCUT2D eigenvalue weighted by molar-refractivity contribution is 6.16. The third-order valence-corrected chi connectivity index (χ3v) is 3.63. The van der Waals surface area contributed by atoms with E-state index < -0.39 is 5.41 Å². The van der Waals surface area contributed by atoms with Crippen LogP contribution in [0.25, 0.3) is 21.9 Å². The molecule has 1 amide bonds. The summed E-state index contributed by atoms with van der Waals surface area (Å²) in [6.07, 6.45) is 0.766. The number of aldehydes is 1. The summed E-state index contributed by atoms with van der Waals surface area (Å²) in [6.45, 7) is 5.48. The zero-order chi connectivity index (χ0) is 15.9. The topological polar surface area (TPSA) is 59.3 Å². The SMILES string of the molecule is CC(C)(C)C(=O)Nc1ccc2oc3ccccc3c2c1C=O. The van der Waals surface area contributed by atoms with Crippen LogP contribution in [0.3, 0.4) is 0 Å². The molecule has 1 N–H and O–H groups in total. The lowest BCUT2D eigenvalue weighted by Gasteiger charge is -2.18. The Hall–Kier alpha value is -2.62. The molecule has 3 aromatic rings. The zero-order valence-electron chi connectivity index (χ0n) is 12.8. The molecule has 0 radical (unpaired) electrons. The van der Waals surface area contributed by atoms with E-state index in [-0.39, 0.29) is 5.91 Å². The maximum atomic E-state index is 12.2. The summed E-state index contributed by atoms with van der Waals surface area (Å²) in [6, 6.07) is 11.0. The maximum Gasteiger partial charge on any atom is 0.229 e. The number of nitrogens with one attached hydrogen (secondary N) is 1. The Labute approximate surface area is 128 Å². The fourth-order valence-electron chi connectivity index (χ4n) is 2.38. The highest BCUT2D eigenvalue weighted by Gasteiger charge is 2.23. The molecular weight excluding hydrogens is 278 g/mol. The number of fused-ring (bicyclic) bond motifs is 3. The smallest absolute Gasteiger partial charge is 0.229 e. The minimum Gasteiger partial charge on any atom is -0.456 e. The molecule has 0 saturated carbocycles. The average Bonchev–Trinajstić information content (AvgIpc) is 2.85. The van der Waals surface area contributed by atoms with E-state index in [0.717, 1.165) is 22.6 Å². The summed E-state index contributed by atoms with van der Waals surface area (Å²) >= 11 is 0. The van der Waals surface area contributed by atoms with Crippen LogP contribution in [0.5, 0.6) is 0 Å². The summed E-state index contributed by atoms with van der Waals surface area (Å²) in [7, 11) is 0. The van der Waals surface area contributed by atoms with Crippen LogP contribution in [0.4, 0.5) is 5.69 Å². The normalized spacial score (nSPS) is 11.8. The van der Waals surface area contributed by atoms with Crippen LogP contribution in [0.1, 0.15) is 31.1 Å². The lowest BCUT2D eigenvalue weighted by Crippen LogP contribution is -2.28. The van der Waals surface area contributed by atoms with Gasteiger partial charge in [-0.1, -0.05) is 39.0 Å². The van der Waals surface area contributed by atoms with E-state index in [4.69, 9.17) is 4.42 Å². The Morgan fingerprint density at radius 2 is 1.82 bits per heavy atom. The van der Waals surface area contributed by atoms with Gasteiger partial charge in [0.1, 0.15) is 11.2 Å². The third-order valence-electron chi connectivity index (χ3n) is 3.63. The Kier molecular flexibility index (Phi) is 3.24. The van der Waals surface area contributed by atoms with Gasteiger partial charge in [-0.15, -0.1) is 0 Å². The van der Waals surface area contributed by atoms with E-state index >= 15 is 0 Å². The number of hydrogen-bond donors (Lipinski definition) is 1. The number of furan rings is 1. The molecule has 0 bridgehead atoms. The molecule has 0 unspecified atom stereocenters. The minimum absolute atomic E-state index is 0.136. The largest absolute Gasteiger partial charge is 0.456 e. The lowest BCUT2D eigenvalue weighted by atomic mass is 9.95. The van der Waals surface area contributed by atoms with Crippen molar-refractivity contribution in [3.63, 3.8) is 0 Å². The van der Waals surface area contributed by atoms with Crippen LogP contribution < -0.4 is 5.32 Å². The molecule has 0 fully saturated rings. The number of amides is 1. The first-order valence-corrected chi connectivity index (χ1v) is 7.12. The average molecular weight is 295 g/mol. The van der Waals surface area contributed by atoms with E-state index in [1.54, 1.807) is 12.1 Å². The van der Waals surface area contributed by atoms with Crippen molar-refractivity contribution in [2.45, 2.75) is 20.8 Å². The predicted molar refractivity (Wildman–Crippen MR) is 87.2 cm³/mol. The second-order valence-corrected chi connectivity index (χ2v) is 6.32. The fraction of sp³-hybridized carbons (Fsp3) is 0.222. The van der Waals surface area contributed by atoms with Gasteiger partial charge in [-0.05, 0) is 18.2 Å². The molecule has 1 heterocycles. The molecular formula is C18H17NO3. The fourth-order valence-corrected chi connectivity index (χ4v) is 2.38. The van der Waals surface area contributed by atoms with Crippen LogP contribution in [0, 0.1) is 5.41 Å². The van der Waals surface area contributed by atoms with Gasteiger partial charge in [-0.25, -0.2) is 0 Å². The van der Waals surface area contributed by atoms with Gasteiger partial charge in [0.15, 0.2) is 6.29 Å². The van der Waals surface area contributed by atoms with Crippen molar-refractivity contribution < 1.29 is 14.0 Å². The van der Waals surface area contributed by atoms with E-state index in [1.807, 2.05) is 45.0 Å². The van der Waals surface area contributed by atoms with Gasteiger partial charge < -0.3 is 9.73 Å². The van der Waals surface area contributed by atoms with Crippen molar-refractivity contribution in [3.8, 4) is 0 Å². The predicted octanol–water partition coefficient (Wildman–Crippen LogP) is 4.38. The maximum absolute atomic E-state index is 12.2. The molecule has 2 aromatic carbocycles. The summed E-state index contributed by atoms with van der Waals surface area (Å²) in [4.78, 5) is 23.8. The first kappa shape index (κ1) is 14.3. The molecule has 1 aromatic heterocycles. The van der Waals surface area contributed by atoms with Crippen LogP contribution in [-0.4, -0.2) is 12.2 Å². The first-order valence-electron chi connectivity index (χ1n) is 7.12. The minimum atomic E-state index is -0.534. The summed E-state index contributed by atoms with van der Waals surface area (Å²) in [5, 5.41) is 4.44. The van der Waals surface area contributed by atoms with Crippen LogP contribution >= 0.6 is 0 Å². The molecule has 0 spiro atoms. The number of rotatable bonds is 2. The number of anilines is 1. The molecule has 4 nitrogen and oxygen atoms in total. The molecule has 0 aliphatic rings. The number of carbonyl (C=O) groups excluding carboxylic acids is 2. The molecule has 4 heteroatoms. The molecule has 0 atom stereocenters. The zero-order valence-corrected chi connectivity index (χ0v) is 12.8. The van der Waals surface area contributed by atoms with E-state index in [9.17, 15) is 9.59 Å². The van der Waals surface area contributed by atoms with E-state index in [0.29, 0.717) is 16.8 Å². The van der Waals surface area contributed by atoms with Gasteiger partial charge in [0, 0.05) is 21.8 Å². The van der Waals surface area contributed by atoms with Gasteiger partial charge in [0.05, 0.1) is 5.69 Å². The van der Waals surface area contributed by atoms with E-state index in [2.05, 4.69) is 5.32 Å². The Morgan fingerprint density at radius 1 is 1.09 bits per heavy atom. The van der Waals surface area contributed by atoms with Crippen molar-refractivity contribution >= 4 is 39.8 Å². The summed E-state index contributed by atoms with van der Waals surface area (Å²) < 4.78 is 5.75. The molecule has 22 heavy (non-hydrogen) atoms. The van der Waals surface area contributed by atoms with Gasteiger partial charge in [0.25, 0.3) is 0 Å². The van der Waals surface area contributed by atoms with Crippen LogP contribution in [0.15, 0.2) is 40.8 Å². The van der Waals surface area contributed by atoms with Crippen LogP contribution in [0.2, 0.25) is 0 Å². The van der Waals surface area contributed by atoms with Gasteiger partial charge >= 0.3 is 0 Å². The first-order chi connectivity index (χ1) is 10.4. The van der Waals surface area contributed by atoms with Crippen molar-refractivity contribution in [1.82, 2.24) is 0 Å². The number of carbonyl (C=O) groups is 2. The van der Waals surface area contributed by atoms with Crippen LogP contribution in [-0.2, 0) is 4.79 Å². The number of para-hydroxylation sites is 1. The monoisotopic (exact) mass is 295 g/mol. The highest BCUT2D eigenvalue weighted by Crippen LogP contribution is 2.34. The molecule has 0 saturated heterocycles. The molecule has 3 rings (SSSR count). The Morgan fingerprint density at radius 3 is 2.50 bits per heavy atom. The second-order valence-electron chi connectivity index (χ2n) is 6.32. The van der Waals surface area contributed by atoms with Gasteiger partial charge in [-0.2, -0.15) is 0 Å². The Bertz CT molecular complexity index is 884. The summed E-state index contributed by atoms with van der Waals surface area (Å²) in [5.74, 6) is -0.136. The second kappa shape index (κ2) is 4.98. The quantitative estimate of drug-likeness (QED) is 0.713. The van der Waals surface area contributed by atoms with Crippen molar-refractivity contribution in [2.24, 2.45) is 5.41 Å². The van der Waals surface area contributed by atoms with Gasteiger partial charge in [0.2, 0.25) is 5.91 Å². The standard InChI is InChI=1S/C18H17NO3/c1-18(2,3)17(21)19-13-8-9-15-16(12(13)10-20)11-6-4-5-7-14(11)22-15/h4-10H,1-3H3,(H,19,21).